The SMILES string of the molecule is CNCCCC1Oc2ccccc2N(c2cccc(F)c2)S1(=O)=O. The van der Waals surface area contributed by atoms with Crippen molar-refractivity contribution >= 4 is 21.4 Å². The van der Waals surface area contributed by atoms with Gasteiger partial charge in [-0.05, 0) is 50.3 Å². The van der Waals surface area contributed by atoms with E-state index in [1.807, 2.05) is 7.05 Å². The van der Waals surface area contributed by atoms with Crippen molar-refractivity contribution in [2.75, 3.05) is 17.9 Å². The number of hydrogen-bond donors (Lipinski definition) is 1. The second-order valence-electron chi connectivity index (χ2n) is 5.55. The highest BCUT2D eigenvalue weighted by Gasteiger charge is 2.40. The van der Waals surface area contributed by atoms with E-state index in [2.05, 4.69) is 5.32 Å². The molecule has 0 bridgehead atoms. The lowest BCUT2D eigenvalue weighted by Gasteiger charge is -2.35. The molecule has 2 aromatic carbocycles. The van der Waals surface area contributed by atoms with Gasteiger partial charge in [0.15, 0.2) is 0 Å². The Labute approximate surface area is 141 Å². The first kappa shape index (κ1) is 16.7. The van der Waals surface area contributed by atoms with Gasteiger partial charge in [0.1, 0.15) is 11.6 Å². The molecule has 7 heteroatoms. The fraction of sp³-hybridized carbons (Fsp3) is 0.294. The number of sulfonamides is 1. The van der Waals surface area contributed by atoms with Crippen molar-refractivity contribution < 1.29 is 17.5 Å². The van der Waals surface area contributed by atoms with Crippen LogP contribution in [0.1, 0.15) is 12.8 Å². The predicted octanol–water partition coefficient (Wildman–Crippen LogP) is 3.01. The standard InChI is InChI=1S/C17H19FN2O3S/c1-19-11-5-10-17-23-16-9-3-2-8-15(16)20(24(17,21)22)14-7-4-6-13(18)12-14/h2-4,6-9,12,17,19H,5,10-11H2,1H3. The molecule has 1 aliphatic heterocycles. The van der Waals surface area contributed by atoms with Crippen molar-refractivity contribution in [3.63, 3.8) is 0 Å². The van der Waals surface area contributed by atoms with E-state index in [1.165, 1.54) is 22.5 Å². The van der Waals surface area contributed by atoms with Gasteiger partial charge in [-0.25, -0.2) is 17.1 Å². The molecule has 1 atom stereocenters. The Balaban J connectivity index is 2.07. The third kappa shape index (κ3) is 3.09. The molecule has 0 saturated carbocycles. The van der Waals surface area contributed by atoms with Gasteiger partial charge in [-0.2, -0.15) is 0 Å². The Morgan fingerprint density at radius 3 is 2.75 bits per heavy atom. The van der Waals surface area contributed by atoms with Crippen LogP contribution in [0.4, 0.5) is 15.8 Å². The summed E-state index contributed by atoms with van der Waals surface area (Å²) in [5.74, 6) is -0.00977. The van der Waals surface area contributed by atoms with Crippen LogP contribution >= 0.6 is 0 Å². The second-order valence-corrected chi connectivity index (χ2v) is 7.47. The van der Waals surface area contributed by atoms with E-state index in [0.29, 0.717) is 30.8 Å². The minimum absolute atomic E-state index is 0.268. The average molecular weight is 350 g/mol. The van der Waals surface area contributed by atoms with Gasteiger partial charge in [0, 0.05) is 6.42 Å². The molecule has 0 radical (unpaired) electrons. The number of benzene rings is 2. The van der Waals surface area contributed by atoms with Gasteiger partial charge in [0.2, 0.25) is 5.44 Å². The Kier molecular flexibility index (Phi) is 4.73. The van der Waals surface area contributed by atoms with Crippen molar-refractivity contribution in [1.82, 2.24) is 5.32 Å². The fourth-order valence-corrected chi connectivity index (χ4v) is 4.48. The summed E-state index contributed by atoms with van der Waals surface area (Å²) >= 11 is 0. The summed E-state index contributed by atoms with van der Waals surface area (Å²) in [6.45, 7) is 0.691. The predicted molar refractivity (Wildman–Crippen MR) is 91.5 cm³/mol. The van der Waals surface area contributed by atoms with Crippen LogP contribution in [0.15, 0.2) is 48.5 Å². The number of para-hydroxylation sites is 2. The summed E-state index contributed by atoms with van der Waals surface area (Å²) in [6, 6.07) is 12.5. The molecular formula is C17H19FN2O3S. The molecule has 2 aromatic rings. The number of rotatable bonds is 5. The Morgan fingerprint density at radius 1 is 1.21 bits per heavy atom. The number of anilines is 2. The lowest BCUT2D eigenvalue weighted by atomic mass is 10.2. The number of nitrogens with zero attached hydrogens (tertiary/aromatic N) is 1. The van der Waals surface area contributed by atoms with E-state index < -0.39 is 21.3 Å². The number of halogens is 1. The topological polar surface area (TPSA) is 58.6 Å². The maximum atomic E-state index is 13.6. The lowest BCUT2D eigenvalue weighted by Crippen LogP contribution is -2.43. The zero-order valence-electron chi connectivity index (χ0n) is 13.3. The van der Waals surface area contributed by atoms with Crippen LogP contribution in [-0.2, 0) is 10.0 Å². The quantitative estimate of drug-likeness (QED) is 0.842. The fourth-order valence-electron chi connectivity index (χ4n) is 2.72. The summed E-state index contributed by atoms with van der Waals surface area (Å²) in [4.78, 5) is 0. The van der Waals surface area contributed by atoms with Crippen LogP contribution < -0.4 is 14.4 Å². The highest BCUT2D eigenvalue weighted by Crippen LogP contribution is 2.42. The lowest BCUT2D eigenvalue weighted by molar-refractivity contribution is 0.254. The molecule has 0 aromatic heterocycles. The third-order valence-corrected chi connectivity index (χ3v) is 5.75. The summed E-state index contributed by atoms with van der Waals surface area (Å²) in [5.41, 5.74) is -0.332. The maximum absolute atomic E-state index is 13.6. The smallest absolute Gasteiger partial charge is 0.277 e. The maximum Gasteiger partial charge on any atom is 0.277 e. The van der Waals surface area contributed by atoms with Crippen molar-refractivity contribution in [2.45, 2.75) is 18.3 Å². The van der Waals surface area contributed by atoms with Gasteiger partial charge in [0.25, 0.3) is 10.0 Å². The van der Waals surface area contributed by atoms with Crippen molar-refractivity contribution in [1.29, 1.82) is 0 Å². The molecule has 1 unspecified atom stereocenters. The molecule has 3 rings (SSSR count). The molecule has 0 saturated heterocycles. The van der Waals surface area contributed by atoms with Gasteiger partial charge in [-0.1, -0.05) is 18.2 Å². The summed E-state index contributed by atoms with van der Waals surface area (Å²) in [5, 5.41) is 2.99. The minimum atomic E-state index is -3.81. The first-order valence-corrected chi connectivity index (χ1v) is 9.24. The van der Waals surface area contributed by atoms with Crippen LogP contribution in [0.2, 0.25) is 0 Å². The van der Waals surface area contributed by atoms with E-state index in [9.17, 15) is 12.8 Å². The van der Waals surface area contributed by atoms with Gasteiger partial charge >= 0.3 is 0 Å². The zero-order valence-corrected chi connectivity index (χ0v) is 14.1. The highest BCUT2D eigenvalue weighted by molar-refractivity contribution is 7.93. The molecular weight excluding hydrogens is 331 g/mol. The van der Waals surface area contributed by atoms with Crippen molar-refractivity contribution in [2.24, 2.45) is 0 Å². The van der Waals surface area contributed by atoms with E-state index in [0.717, 1.165) is 0 Å². The third-order valence-electron chi connectivity index (χ3n) is 3.84. The Bertz CT molecular complexity index is 826. The second kappa shape index (κ2) is 6.78. The molecule has 128 valence electrons. The number of ether oxygens (including phenoxy) is 1. The number of hydrogen-bond acceptors (Lipinski definition) is 4. The molecule has 24 heavy (non-hydrogen) atoms. The van der Waals surface area contributed by atoms with E-state index >= 15 is 0 Å². The van der Waals surface area contributed by atoms with Crippen LogP contribution in [0, 0.1) is 5.82 Å². The zero-order chi connectivity index (χ0) is 17.2. The van der Waals surface area contributed by atoms with Crippen LogP contribution in [0.25, 0.3) is 0 Å². The molecule has 1 aliphatic rings. The number of fused-ring (bicyclic) bond motifs is 1. The molecule has 0 spiro atoms. The minimum Gasteiger partial charge on any atom is -0.470 e. The van der Waals surface area contributed by atoms with E-state index in [4.69, 9.17) is 4.74 Å². The summed E-state index contributed by atoms with van der Waals surface area (Å²) in [6.07, 6.45) is 1.00. The summed E-state index contributed by atoms with van der Waals surface area (Å²) in [7, 11) is -2.00. The van der Waals surface area contributed by atoms with Gasteiger partial charge in [-0.3, -0.25) is 0 Å². The first-order chi connectivity index (χ1) is 11.5. The van der Waals surface area contributed by atoms with E-state index in [1.54, 1.807) is 30.3 Å². The molecule has 0 amide bonds. The molecule has 1 heterocycles. The van der Waals surface area contributed by atoms with E-state index in [-0.39, 0.29) is 5.69 Å². The average Bonchev–Trinajstić information content (AvgIpc) is 2.55. The molecule has 0 aliphatic carbocycles. The van der Waals surface area contributed by atoms with Gasteiger partial charge in [0.05, 0.1) is 11.4 Å². The van der Waals surface area contributed by atoms with Gasteiger partial charge in [-0.15, -0.1) is 0 Å². The van der Waals surface area contributed by atoms with Gasteiger partial charge < -0.3 is 10.1 Å². The first-order valence-electron chi connectivity index (χ1n) is 7.74. The van der Waals surface area contributed by atoms with Crippen LogP contribution in [0.3, 0.4) is 0 Å². The van der Waals surface area contributed by atoms with Crippen LogP contribution in [-0.4, -0.2) is 27.4 Å². The highest BCUT2D eigenvalue weighted by atomic mass is 32.2. The largest absolute Gasteiger partial charge is 0.470 e. The normalized spacial score (nSPS) is 18.8. The summed E-state index contributed by atoms with van der Waals surface area (Å²) < 4.78 is 46.6. The number of nitrogens with one attached hydrogen (secondary N) is 1. The monoisotopic (exact) mass is 350 g/mol. The van der Waals surface area contributed by atoms with Crippen molar-refractivity contribution in [3.8, 4) is 5.75 Å². The Morgan fingerprint density at radius 2 is 2.00 bits per heavy atom. The van der Waals surface area contributed by atoms with Crippen LogP contribution in [0.5, 0.6) is 5.75 Å². The molecule has 0 fully saturated rings. The molecule has 5 nitrogen and oxygen atoms in total. The molecule has 1 N–H and O–H groups in total. The Hall–Kier alpha value is -2.12. The van der Waals surface area contributed by atoms with Crippen molar-refractivity contribution in [3.05, 3.63) is 54.3 Å².